The van der Waals surface area contributed by atoms with Crippen LogP contribution in [0.1, 0.15) is 44.7 Å². The third-order valence-corrected chi connectivity index (χ3v) is 4.46. The van der Waals surface area contributed by atoms with E-state index >= 15 is 0 Å². The zero-order valence-corrected chi connectivity index (χ0v) is 21.3. The Morgan fingerprint density at radius 1 is 0.938 bits per heavy atom. The molecule has 178 valence electrons. The minimum atomic E-state index is 0.0132. The molecule has 1 unspecified atom stereocenters. The van der Waals surface area contributed by atoms with Crippen LogP contribution < -0.4 is 16.4 Å². The van der Waals surface area contributed by atoms with Crippen molar-refractivity contribution in [2.75, 3.05) is 28.2 Å². The van der Waals surface area contributed by atoms with Crippen LogP contribution in [0.3, 0.4) is 0 Å². The molecular formula is C28H46N4. The first kappa shape index (κ1) is 31.5. The van der Waals surface area contributed by atoms with E-state index in [2.05, 4.69) is 108 Å². The van der Waals surface area contributed by atoms with Crippen LogP contribution >= 0.6 is 0 Å². The first-order valence-electron chi connectivity index (χ1n) is 11.3. The molecule has 2 rings (SSSR count). The average molecular weight is 439 g/mol. The maximum absolute atomic E-state index is 4.74. The zero-order chi connectivity index (χ0) is 24.5. The smallest absolute Gasteiger partial charge is 0.0794 e. The van der Waals surface area contributed by atoms with Crippen molar-refractivity contribution < 1.29 is 0 Å². The summed E-state index contributed by atoms with van der Waals surface area (Å²) in [5.41, 5.74) is 7.52. The van der Waals surface area contributed by atoms with Gasteiger partial charge in [-0.05, 0) is 59.0 Å². The number of nitrogens with one attached hydrogen (secondary N) is 2. The molecule has 0 saturated heterocycles. The standard InChI is InChI=1S/C15H21N.C9H12.C2H6N2.C2H7N/c1-4-5-6-10-13-15(2,16-3)14-11-8-7-9-12-14;1-2-6-9-7-4-3-5-8-9;1-4-2-3;1-3-2/h4-12,16H,13H2,1-3H3;3-5,7-8H,2,6H2,1H3;2H,1H3,(H2,3,4);3H,1-2H3/b5-4-,10-6-;;;. The summed E-state index contributed by atoms with van der Waals surface area (Å²) in [7, 11) is 7.39. The number of rotatable bonds is 7. The highest BCUT2D eigenvalue weighted by molar-refractivity contribution is 5.50. The minimum Gasteiger partial charge on any atom is -0.390 e. The van der Waals surface area contributed by atoms with Crippen molar-refractivity contribution in [1.29, 1.82) is 0 Å². The summed E-state index contributed by atoms with van der Waals surface area (Å²) < 4.78 is 0. The van der Waals surface area contributed by atoms with E-state index in [1.807, 2.05) is 34.1 Å². The molecule has 4 nitrogen and oxygen atoms in total. The summed E-state index contributed by atoms with van der Waals surface area (Å²) >= 11 is 0. The highest BCUT2D eigenvalue weighted by Gasteiger charge is 2.21. The molecule has 1 atom stereocenters. The van der Waals surface area contributed by atoms with Gasteiger partial charge in [0.25, 0.3) is 0 Å². The Bertz CT molecular complexity index is 705. The Morgan fingerprint density at radius 3 is 1.84 bits per heavy atom. The summed E-state index contributed by atoms with van der Waals surface area (Å²) in [6.45, 7) is 6.45. The lowest BCUT2D eigenvalue weighted by molar-refractivity contribution is 0.405. The van der Waals surface area contributed by atoms with E-state index in [1.54, 1.807) is 7.05 Å². The molecular weight excluding hydrogens is 392 g/mol. The van der Waals surface area contributed by atoms with Crippen molar-refractivity contribution >= 4 is 6.34 Å². The molecule has 2 aromatic carbocycles. The van der Waals surface area contributed by atoms with Gasteiger partial charge in [-0.2, -0.15) is 0 Å². The maximum atomic E-state index is 4.74. The topological polar surface area (TPSA) is 62.4 Å². The van der Waals surface area contributed by atoms with E-state index in [0.29, 0.717) is 0 Å². The van der Waals surface area contributed by atoms with Crippen LogP contribution in [0.25, 0.3) is 0 Å². The minimum absolute atomic E-state index is 0.0132. The van der Waals surface area contributed by atoms with Gasteiger partial charge in [-0.25, -0.2) is 0 Å². The van der Waals surface area contributed by atoms with Crippen LogP contribution in [0.2, 0.25) is 0 Å². The fourth-order valence-corrected chi connectivity index (χ4v) is 2.60. The average Bonchev–Trinajstić information content (AvgIpc) is 2.84. The second-order valence-corrected chi connectivity index (χ2v) is 7.25. The molecule has 2 aromatic rings. The van der Waals surface area contributed by atoms with Gasteiger partial charge in [-0.1, -0.05) is 98.3 Å². The lowest BCUT2D eigenvalue weighted by atomic mass is 9.88. The number of benzene rings is 2. The van der Waals surface area contributed by atoms with Crippen LogP contribution in [0, 0.1) is 0 Å². The molecule has 0 spiro atoms. The van der Waals surface area contributed by atoms with Crippen molar-refractivity contribution in [3.8, 4) is 0 Å². The van der Waals surface area contributed by atoms with Crippen molar-refractivity contribution in [2.45, 2.75) is 45.6 Å². The number of aryl methyl sites for hydroxylation is 1. The highest BCUT2D eigenvalue weighted by Crippen LogP contribution is 2.24. The highest BCUT2D eigenvalue weighted by atomic mass is 14.9. The van der Waals surface area contributed by atoms with E-state index in [0.717, 1.165) is 6.42 Å². The van der Waals surface area contributed by atoms with Crippen LogP contribution in [0.4, 0.5) is 0 Å². The van der Waals surface area contributed by atoms with Crippen molar-refractivity contribution in [3.63, 3.8) is 0 Å². The molecule has 0 amide bonds. The van der Waals surface area contributed by atoms with Gasteiger partial charge in [0, 0.05) is 12.6 Å². The van der Waals surface area contributed by atoms with Crippen molar-refractivity contribution in [2.24, 2.45) is 10.7 Å². The van der Waals surface area contributed by atoms with Gasteiger partial charge in [-0.3, -0.25) is 4.99 Å². The first-order valence-corrected chi connectivity index (χ1v) is 11.3. The van der Waals surface area contributed by atoms with Crippen LogP contribution in [-0.4, -0.2) is 34.5 Å². The van der Waals surface area contributed by atoms with Gasteiger partial charge in [0.05, 0.1) is 6.34 Å². The molecule has 0 heterocycles. The van der Waals surface area contributed by atoms with Gasteiger partial charge in [0.2, 0.25) is 0 Å². The Balaban J connectivity index is 0. The van der Waals surface area contributed by atoms with Crippen molar-refractivity contribution in [1.82, 2.24) is 10.6 Å². The first-order chi connectivity index (χ1) is 15.5. The molecule has 0 fully saturated rings. The molecule has 32 heavy (non-hydrogen) atoms. The second kappa shape index (κ2) is 23.0. The Hall–Kier alpha value is -2.69. The molecule has 0 radical (unpaired) electrons. The van der Waals surface area contributed by atoms with Crippen LogP contribution in [0.15, 0.2) is 90.0 Å². The number of hydrogen-bond donors (Lipinski definition) is 3. The Morgan fingerprint density at radius 2 is 1.44 bits per heavy atom. The molecule has 0 aliphatic rings. The predicted octanol–water partition coefficient (Wildman–Crippen LogP) is 5.72. The predicted molar refractivity (Wildman–Crippen MR) is 145 cm³/mol. The van der Waals surface area contributed by atoms with Gasteiger partial charge in [0.15, 0.2) is 0 Å². The van der Waals surface area contributed by atoms with Gasteiger partial charge < -0.3 is 16.4 Å². The van der Waals surface area contributed by atoms with E-state index in [1.165, 1.54) is 30.3 Å². The molecule has 0 aromatic heterocycles. The third-order valence-electron chi connectivity index (χ3n) is 4.46. The molecule has 0 saturated carbocycles. The summed E-state index contributed by atoms with van der Waals surface area (Å²) in [4.78, 5) is 3.39. The number of nitrogens with zero attached hydrogens (tertiary/aromatic N) is 1. The van der Waals surface area contributed by atoms with Gasteiger partial charge in [0.1, 0.15) is 0 Å². The van der Waals surface area contributed by atoms with Crippen molar-refractivity contribution in [3.05, 3.63) is 96.1 Å². The van der Waals surface area contributed by atoms with Crippen LogP contribution in [-0.2, 0) is 12.0 Å². The van der Waals surface area contributed by atoms with E-state index in [4.69, 9.17) is 5.73 Å². The molecule has 4 N–H and O–H groups in total. The zero-order valence-electron chi connectivity index (χ0n) is 21.3. The summed E-state index contributed by atoms with van der Waals surface area (Å²) in [6, 6.07) is 21.1. The third kappa shape index (κ3) is 17.0. The number of hydrogen-bond acceptors (Lipinski definition) is 3. The lowest BCUT2D eigenvalue weighted by Crippen LogP contribution is -2.36. The Kier molecular flexibility index (Phi) is 22.6. The number of aliphatic imine (C=N–C) groups is 1. The normalized spacial score (nSPS) is 12.2. The number of nitrogens with two attached hydrogens (primary N) is 1. The summed E-state index contributed by atoms with van der Waals surface area (Å²) in [5.74, 6) is 0. The summed E-state index contributed by atoms with van der Waals surface area (Å²) in [6.07, 6.45) is 13.1. The number of allylic oxidation sites excluding steroid dienone is 3. The van der Waals surface area contributed by atoms with Crippen LogP contribution in [0.5, 0.6) is 0 Å². The molecule has 0 aliphatic carbocycles. The second-order valence-electron chi connectivity index (χ2n) is 7.25. The molecule has 0 bridgehead atoms. The SMILES string of the molecule is C/C=C\C=C/CC(C)(NC)c1ccccc1.CCCc1ccccc1.CN=CN.CNC. The quantitative estimate of drug-likeness (QED) is 0.294. The molecule has 4 heteroatoms. The Labute approximate surface area is 197 Å². The largest absolute Gasteiger partial charge is 0.390 e. The van der Waals surface area contributed by atoms with E-state index in [9.17, 15) is 0 Å². The van der Waals surface area contributed by atoms with Gasteiger partial charge in [-0.15, -0.1) is 0 Å². The van der Waals surface area contributed by atoms with E-state index in [-0.39, 0.29) is 5.54 Å². The maximum Gasteiger partial charge on any atom is 0.0794 e. The monoisotopic (exact) mass is 438 g/mol. The van der Waals surface area contributed by atoms with E-state index < -0.39 is 0 Å². The fourth-order valence-electron chi connectivity index (χ4n) is 2.60. The molecule has 0 aliphatic heterocycles. The lowest BCUT2D eigenvalue weighted by Gasteiger charge is -2.28. The fraction of sp³-hybridized carbons (Fsp3) is 0.393. The van der Waals surface area contributed by atoms with Gasteiger partial charge >= 0.3 is 0 Å². The summed E-state index contributed by atoms with van der Waals surface area (Å²) in [5, 5.41) is 6.15.